The minimum atomic E-state index is 0.00169. The molecule has 0 aliphatic rings. The Morgan fingerprint density at radius 3 is 2.20 bits per heavy atom. The summed E-state index contributed by atoms with van der Waals surface area (Å²) in [6.45, 7) is 0. The van der Waals surface area contributed by atoms with Gasteiger partial charge in [0.2, 0.25) is 5.91 Å². The highest BCUT2D eigenvalue weighted by atomic mass is 127. The van der Waals surface area contributed by atoms with Gasteiger partial charge in [0.15, 0.2) is 5.16 Å². The zero-order chi connectivity index (χ0) is 20.8. The van der Waals surface area contributed by atoms with Crippen LogP contribution in [0, 0.1) is 3.57 Å². The van der Waals surface area contributed by atoms with E-state index < -0.39 is 0 Å². The van der Waals surface area contributed by atoms with Crippen molar-refractivity contribution < 1.29 is 4.79 Å². The number of hydrogen-bond acceptors (Lipinski definition) is 3. The lowest BCUT2D eigenvalue weighted by molar-refractivity contribution is -0.115. The fourth-order valence-corrected chi connectivity index (χ4v) is 4.21. The first-order valence-electron chi connectivity index (χ1n) is 9.58. The first kappa shape index (κ1) is 20.7. The molecule has 4 nitrogen and oxygen atoms in total. The Morgan fingerprint density at radius 2 is 1.53 bits per heavy atom. The number of halogens is 1. The van der Waals surface area contributed by atoms with E-state index in [1.807, 2.05) is 60.7 Å². The highest BCUT2D eigenvalue weighted by molar-refractivity contribution is 14.1. The number of H-pyrrole nitrogens is 1. The summed E-state index contributed by atoms with van der Waals surface area (Å²) < 4.78 is 1.14. The summed E-state index contributed by atoms with van der Waals surface area (Å²) in [4.78, 5) is 20.5. The Labute approximate surface area is 193 Å². The largest absolute Gasteiger partial charge is 0.332 e. The van der Waals surface area contributed by atoms with Crippen molar-refractivity contribution >= 4 is 45.9 Å². The number of aromatic nitrogens is 2. The van der Waals surface area contributed by atoms with E-state index in [1.54, 1.807) is 11.8 Å². The second-order valence-electron chi connectivity index (χ2n) is 6.65. The molecular formula is C24H20IN3OS. The van der Waals surface area contributed by atoms with Crippen LogP contribution in [0.2, 0.25) is 0 Å². The maximum atomic E-state index is 12.2. The Balaban J connectivity index is 1.45. The quantitative estimate of drug-likeness (QED) is 0.215. The van der Waals surface area contributed by atoms with Gasteiger partial charge < -0.3 is 10.3 Å². The molecule has 0 unspecified atom stereocenters. The average molecular weight is 525 g/mol. The van der Waals surface area contributed by atoms with Gasteiger partial charge in [-0.1, -0.05) is 72.4 Å². The summed E-state index contributed by atoms with van der Waals surface area (Å²) in [5, 5.41) is 3.75. The monoisotopic (exact) mass is 525 g/mol. The number of nitrogens with zero attached hydrogens (tertiary/aromatic N) is 1. The van der Waals surface area contributed by atoms with Gasteiger partial charge in [-0.3, -0.25) is 4.79 Å². The van der Waals surface area contributed by atoms with Crippen LogP contribution >= 0.6 is 34.4 Å². The van der Waals surface area contributed by atoms with Crippen LogP contribution in [0.5, 0.6) is 0 Å². The van der Waals surface area contributed by atoms with E-state index in [9.17, 15) is 4.79 Å². The van der Waals surface area contributed by atoms with Gasteiger partial charge >= 0.3 is 0 Å². The maximum absolute atomic E-state index is 12.2. The van der Waals surface area contributed by atoms with Gasteiger partial charge in [-0.2, -0.15) is 0 Å². The highest BCUT2D eigenvalue weighted by Gasteiger charge is 2.14. The lowest BCUT2D eigenvalue weighted by Gasteiger charge is -2.04. The van der Waals surface area contributed by atoms with E-state index in [-0.39, 0.29) is 5.91 Å². The molecule has 0 aliphatic carbocycles. The molecule has 0 fully saturated rings. The SMILES string of the molecule is O=C(CCSc1nc(-c2ccccc2)c(-c2ccccc2)[nH]1)Nc1ccc(I)cc1. The summed E-state index contributed by atoms with van der Waals surface area (Å²) in [5.41, 5.74) is 4.89. The van der Waals surface area contributed by atoms with Gasteiger partial charge in [-0.25, -0.2) is 4.98 Å². The third-order valence-electron chi connectivity index (χ3n) is 4.49. The standard InChI is InChI=1S/C24H20IN3OS/c25-19-11-13-20(14-12-19)26-21(29)15-16-30-24-27-22(17-7-3-1-4-8-17)23(28-24)18-9-5-2-6-10-18/h1-14H,15-16H2,(H,26,29)(H,27,28). The lowest BCUT2D eigenvalue weighted by atomic mass is 10.1. The van der Waals surface area contributed by atoms with E-state index in [4.69, 9.17) is 4.98 Å². The number of amides is 1. The van der Waals surface area contributed by atoms with Crippen molar-refractivity contribution in [1.29, 1.82) is 0 Å². The predicted molar refractivity (Wildman–Crippen MR) is 133 cm³/mol. The third kappa shape index (κ3) is 5.31. The number of anilines is 1. The van der Waals surface area contributed by atoms with Crippen LogP contribution in [0.25, 0.3) is 22.5 Å². The molecule has 0 radical (unpaired) electrons. The van der Waals surface area contributed by atoms with Crippen LogP contribution in [-0.4, -0.2) is 21.6 Å². The predicted octanol–water partition coefficient (Wildman–Crippen LogP) is 6.47. The number of carbonyl (C=O) groups excluding carboxylic acids is 1. The van der Waals surface area contributed by atoms with Crippen LogP contribution in [0.1, 0.15) is 6.42 Å². The fourth-order valence-electron chi connectivity index (χ4n) is 3.04. The summed E-state index contributed by atoms with van der Waals surface area (Å²) >= 11 is 3.80. The molecular weight excluding hydrogens is 505 g/mol. The molecule has 0 saturated heterocycles. The second kappa shape index (κ2) is 9.95. The van der Waals surface area contributed by atoms with Crippen molar-refractivity contribution in [3.05, 3.63) is 88.5 Å². The zero-order valence-electron chi connectivity index (χ0n) is 16.1. The first-order chi connectivity index (χ1) is 14.7. The van der Waals surface area contributed by atoms with Crippen molar-refractivity contribution in [1.82, 2.24) is 9.97 Å². The third-order valence-corrected chi connectivity index (χ3v) is 6.08. The summed E-state index contributed by atoms with van der Waals surface area (Å²) in [7, 11) is 0. The van der Waals surface area contributed by atoms with E-state index in [2.05, 4.69) is 57.2 Å². The van der Waals surface area contributed by atoms with Crippen molar-refractivity contribution in [3.63, 3.8) is 0 Å². The number of carbonyl (C=O) groups is 1. The Kier molecular flexibility index (Phi) is 6.86. The van der Waals surface area contributed by atoms with Gasteiger partial charge in [0.25, 0.3) is 0 Å². The van der Waals surface area contributed by atoms with Crippen LogP contribution in [0.3, 0.4) is 0 Å². The molecule has 4 rings (SSSR count). The van der Waals surface area contributed by atoms with E-state index >= 15 is 0 Å². The molecule has 3 aromatic carbocycles. The molecule has 2 N–H and O–H groups in total. The normalized spacial score (nSPS) is 10.7. The molecule has 30 heavy (non-hydrogen) atoms. The zero-order valence-corrected chi connectivity index (χ0v) is 19.1. The Morgan fingerprint density at radius 1 is 0.900 bits per heavy atom. The van der Waals surface area contributed by atoms with Crippen molar-refractivity contribution in [2.75, 3.05) is 11.1 Å². The number of hydrogen-bond donors (Lipinski definition) is 2. The molecule has 0 atom stereocenters. The molecule has 6 heteroatoms. The molecule has 0 saturated carbocycles. The van der Waals surface area contributed by atoms with E-state index in [0.717, 1.165) is 36.9 Å². The van der Waals surface area contributed by atoms with Crippen LogP contribution in [0.4, 0.5) is 5.69 Å². The second-order valence-corrected chi connectivity index (χ2v) is 8.98. The Hall–Kier alpha value is -2.58. The first-order valence-corrected chi connectivity index (χ1v) is 11.6. The number of benzene rings is 3. The molecule has 0 spiro atoms. The van der Waals surface area contributed by atoms with Crippen molar-refractivity contribution in [3.8, 4) is 22.5 Å². The van der Waals surface area contributed by atoms with Gasteiger partial charge in [-0.15, -0.1) is 0 Å². The molecule has 150 valence electrons. The lowest BCUT2D eigenvalue weighted by Crippen LogP contribution is -2.12. The Bertz CT molecular complexity index is 1060. The topological polar surface area (TPSA) is 57.8 Å². The summed E-state index contributed by atoms with van der Waals surface area (Å²) in [6.07, 6.45) is 0.415. The summed E-state index contributed by atoms with van der Waals surface area (Å²) in [6, 6.07) is 28.1. The van der Waals surface area contributed by atoms with E-state index in [0.29, 0.717) is 12.2 Å². The van der Waals surface area contributed by atoms with Crippen LogP contribution in [0.15, 0.2) is 90.1 Å². The maximum Gasteiger partial charge on any atom is 0.225 e. The molecule has 1 amide bonds. The van der Waals surface area contributed by atoms with Gasteiger partial charge in [0.05, 0.1) is 11.4 Å². The van der Waals surface area contributed by atoms with Gasteiger partial charge in [0.1, 0.15) is 0 Å². The molecule has 1 heterocycles. The molecule has 4 aromatic rings. The average Bonchev–Trinajstić information content (AvgIpc) is 3.21. The smallest absolute Gasteiger partial charge is 0.225 e. The summed E-state index contributed by atoms with van der Waals surface area (Å²) in [5.74, 6) is 0.647. The van der Waals surface area contributed by atoms with Crippen LogP contribution < -0.4 is 5.32 Å². The van der Waals surface area contributed by atoms with Crippen molar-refractivity contribution in [2.45, 2.75) is 11.6 Å². The van der Waals surface area contributed by atoms with Crippen molar-refractivity contribution in [2.24, 2.45) is 0 Å². The van der Waals surface area contributed by atoms with Crippen LogP contribution in [-0.2, 0) is 4.79 Å². The molecule has 0 bridgehead atoms. The fraction of sp³-hybridized carbons (Fsp3) is 0.0833. The molecule has 0 aliphatic heterocycles. The number of aromatic amines is 1. The minimum Gasteiger partial charge on any atom is -0.332 e. The number of thioether (sulfide) groups is 1. The number of rotatable bonds is 7. The highest BCUT2D eigenvalue weighted by Crippen LogP contribution is 2.32. The van der Waals surface area contributed by atoms with Gasteiger partial charge in [0, 0.05) is 32.6 Å². The molecule has 1 aromatic heterocycles. The number of nitrogens with one attached hydrogen (secondary N) is 2. The number of imidazole rings is 1. The van der Waals surface area contributed by atoms with Gasteiger partial charge in [-0.05, 0) is 46.9 Å². The van der Waals surface area contributed by atoms with E-state index in [1.165, 1.54) is 0 Å². The minimum absolute atomic E-state index is 0.00169.